The largest absolute Gasteiger partial charge is 0.347 e. The molecular weight excluding hydrogens is 300 g/mol. The first-order valence-electron chi connectivity index (χ1n) is 7.78. The SMILES string of the molecule is Clc1ccc(CN2CCC3(CC2)OCCO3)c2ncccc12. The lowest BCUT2D eigenvalue weighted by molar-refractivity contribution is -0.185. The van der Waals surface area contributed by atoms with Crippen molar-refractivity contribution >= 4 is 22.5 Å². The van der Waals surface area contributed by atoms with Crippen LogP contribution in [-0.4, -0.2) is 42.0 Å². The molecule has 4 rings (SSSR count). The molecule has 116 valence electrons. The summed E-state index contributed by atoms with van der Waals surface area (Å²) in [6.07, 6.45) is 3.70. The van der Waals surface area contributed by atoms with Gasteiger partial charge in [-0.05, 0) is 23.8 Å². The summed E-state index contributed by atoms with van der Waals surface area (Å²) >= 11 is 6.27. The van der Waals surface area contributed by atoms with E-state index in [2.05, 4.69) is 16.0 Å². The number of likely N-dealkylation sites (tertiary alicyclic amines) is 1. The van der Waals surface area contributed by atoms with Crippen LogP contribution in [0, 0.1) is 0 Å². The van der Waals surface area contributed by atoms with Gasteiger partial charge in [0.05, 0.1) is 18.7 Å². The number of rotatable bonds is 2. The molecule has 2 aromatic rings. The Bertz CT molecular complexity index is 675. The Morgan fingerprint density at radius 3 is 2.68 bits per heavy atom. The maximum Gasteiger partial charge on any atom is 0.170 e. The Balaban J connectivity index is 1.51. The van der Waals surface area contributed by atoms with Crippen molar-refractivity contribution in [1.82, 2.24) is 9.88 Å². The molecular formula is C17H19ClN2O2. The van der Waals surface area contributed by atoms with E-state index in [-0.39, 0.29) is 5.79 Å². The van der Waals surface area contributed by atoms with Crippen molar-refractivity contribution in [2.45, 2.75) is 25.2 Å². The van der Waals surface area contributed by atoms with E-state index < -0.39 is 0 Å². The van der Waals surface area contributed by atoms with Gasteiger partial charge in [-0.15, -0.1) is 0 Å². The Morgan fingerprint density at radius 2 is 1.91 bits per heavy atom. The lowest BCUT2D eigenvalue weighted by atomic mass is 10.0. The Kier molecular flexibility index (Phi) is 3.78. The first kappa shape index (κ1) is 14.4. The molecule has 2 aliphatic heterocycles. The van der Waals surface area contributed by atoms with Crippen molar-refractivity contribution in [2.24, 2.45) is 0 Å². The van der Waals surface area contributed by atoms with Crippen LogP contribution in [-0.2, 0) is 16.0 Å². The molecule has 2 fully saturated rings. The van der Waals surface area contributed by atoms with E-state index in [0.29, 0.717) is 0 Å². The zero-order valence-electron chi connectivity index (χ0n) is 12.4. The van der Waals surface area contributed by atoms with Gasteiger partial charge in [-0.25, -0.2) is 0 Å². The zero-order valence-corrected chi connectivity index (χ0v) is 13.2. The number of pyridine rings is 1. The summed E-state index contributed by atoms with van der Waals surface area (Å²) in [6.45, 7) is 4.31. The number of nitrogens with zero attached hydrogens (tertiary/aromatic N) is 2. The molecule has 1 aromatic heterocycles. The highest BCUT2D eigenvalue weighted by atomic mass is 35.5. The van der Waals surface area contributed by atoms with Crippen LogP contribution in [0.2, 0.25) is 5.02 Å². The number of benzene rings is 1. The normalized spacial score (nSPS) is 21.7. The first-order valence-corrected chi connectivity index (χ1v) is 8.16. The molecule has 1 aromatic carbocycles. The topological polar surface area (TPSA) is 34.6 Å². The van der Waals surface area contributed by atoms with Crippen LogP contribution < -0.4 is 0 Å². The average Bonchev–Trinajstić information content (AvgIpc) is 3.01. The summed E-state index contributed by atoms with van der Waals surface area (Å²) in [6, 6.07) is 8.01. The van der Waals surface area contributed by atoms with Crippen molar-refractivity contribution in [3.05, 3.63) is 41.0 Å². The van der Waals surface area contributed by atoms with E-state index in [0.717, 1.165) is 61.6 Å². The Morgan fingerprint density at radius 1 is 1.14 bits per heavy atom. The molecule has 1 spiro atoms. The minimum absolute atomic E-state index is 0.309. The van der Waals surface area contributed by atoms with Crippen molar-refractivity contribution in [3.63, 3.8) is 0 Å². The van der Waals surface area contributed by atoms with E-state index >= 15 is 0 Å². The van der Waals surface area contributed by atoms with Crippen LogP contribution in [0.4, 0.5) is 0 Å². The number of ether oxygens (including phenoxy) is 2. The highest BCUT2D eigenvalue weighted by Gasteiger charge is 2.39. The van der Waals surface area contributed by atoms with Crippen molar-refractivity contribution < 1.29 is 9.47 Å². The molecule has 5 heteroatoms. The number of aromatic nitrogens is 1. The van der Waals surface area contributed by atoms with Crippen molar-refractivity contribution in [2.75, 3.05) is 26.3 Å². The van der Waals surface area contributed by atoms with Crippen LogP contribution in [0.3, 0.4) is 0 Å². The lowest BCUT2D eigenvalue weighted by Gasteiger charge is -2.37. The standard InChI is InChI=1S/C17H19ClN2O2/c18-15-4-3-13(16-14(15)2-1-7-19-16)12-20-8-5-17(6-9-20)21-10-11-22-17/h1-4,7H,5-6,8-12H2. The molecule has 22 heavy (non-hydrogen) atoms. The molecule has 0 unspecified atom stereocenters. The lowest BCUT2D eigenvalue weighted by Crippen LogP contribution is -2.44. The summed E-state index contributed by atoms with van der Waals surface area (Å²) in [5, 5.41) is 1.79. The predicted molar refractivity (Wildman–Crippen MR) is 85.9 cm³/mol. The van der Waals surface area contributed by atoms with Crippen LogP contribution in [0.1, 0.15) is 18.4 Å². The minimum atomic E-state index is -0.309. The third-order valence-electron chi connectivity index (χ3n) is 4.63. The molecule has 2 saturated heterocycles. The van der Waals surface area contributed by atoms with Crippen LogP contribution >= 0.6 is 11.6 Å². The molecule has 0 bridgehead atoms. The van der Waals surface area contributed by atoms with Crippen molar-refractivity contribution in [3.8, 4) is 0 Å². The van der Waals surface area contributed by atoms with Gasteiger partial charge < -0.3 is 9.47 Å². The molecule has 0 radical (unpaired) electrons. The van der Waals surface area contributed by atoms with Gasteiger partial charge in [0.25, 0.3) is 0 Å². The second-order valence-electron chi connectivity index (χ2n) is 5.99. The van der Waals surface area contributed by atoms with Gasteiger partial charge in [0, 0.05) is 49.1 Å². The van der Waals surface area contributed by atoms with E-state index in [9.17, 15) is 0 Å². The fourth-order valence-electron chi connectivity index (χ4n) is 3.40. The summed E-state index contributed by atoms with van der Waals surface area (Å²) in [5.41, 5.74) is 2.23. The van der Waals surface area contributed by atoms with Crippen LogP contribution in [0.15, 0.2) is 30.5 Å². The van der Waals surface area contributed by atoms with Gasteiger partial charge in [0.1, 0.15) is 0 Å². The molecule has 2 aliphatic rings. The fourth-order valence-corrected chi connectivity index (χ4v) is 3.62. The van der Waals surface area contributed by atoms with Gasteiger partial charge in [-0.1, -0.05) is 17.7 Å². The highest BCUT2D eigenvalue weighted by molar-refractivity contribution is 6.35. The highest BCUT2D eigenvalue weighted by Crippen LogP contribution is 2.32. The maximum atomic E-state index is 6.27. The molecule has 0 saturated carbocycles. The number of piperidine rings is 1. The van der Waals surface area contributed by atoms with Gasteiger partial charge in [-0.3, -0.25) is 9.88 Å². The third kappa shape index (κ3) is 2.61. The van der Waals surface area contributed by atoms with E-state index in [1.54, 1.807) is 0 Å². The maximum absolute atomic E-state index is 6.27. The third-order valence-corrected chi connectivity index (χ3v) is 4.95. The van der Waals surface area contributed by atoms with Crippen LogP contribution in [0.25, 0.3) is 10.9 Å². The summed E-state index contributed by atoms with van der Waals surface area (Å²) in [7, 11) is 0. The zero-order chi connectivity index (χ0) is 15.0. The fraction of sp³-hybridized carbons (Fsp3) is 0.471. The second kappa shape index (κ2) is 5.78. The van der Waals surface area contributed by atoms with E-state index in [1.807, 2.05) is 24.4 Å². The average molecular weight is 319 g/mol. The number of hydrogen-bond acceptors (Lipinski definition) is 4. The summed E-state index contributed by atoms with van der Waals surface area (Å²) in [5.74, 6) is -0.309. The van der Waals surface area contributed by atoms with Crippen molar-refractivity contribution in [1.29, 1.82) is 0 Å². The Hall–Kier alpha value is -1.20. The molecule has 0 atom stereocenters. The molecule has 0 N–H and O–H groups in total. The summed E-state index contributed by atoms with van der Waals surface area (Å²) in [4.78, 5) is 6.96. The molecule has 3 heterocycles. The number of fused-ring (bicyclic) bond motifs is 1. The number of hydrogen-bond donors (Lipinski definition) is 0. The molecule has 0 amide bonds. The minimum Gasteiger partial charge on any atom is -0.347 e. The van der Waals surface area contributed by atoms with E-state index in [1.165, 1.54) is 5.56 Å². The number of halogens is 1. The second-order valence-corrected chi connectivity index (χ2v) is 6.40. The van der Waals surface area contributed by atoms with Gasteiger partial charge in [0.15, 0.2) is 5.79 Å². The van der Waals surface area contributed by atoms with Crippen LogP contribution in [0.5, 0.6) is 0 Å². The predicted octanol–water partition coefficient (Wildman–Crippen LogP) is 3.23. The molecule has 4 nitrogen and oxygen atoms in total. The van der Waals surface area contributed by atoms with Gasteiger partial charge >= 0.3 is 0 Å². The van der Waals surface area contributed by atoms with Gasteiger partial charge in [0.2, 0.25) is 0 Å². The quantitative estimate of drug-likeness (QED) is 0.851. The summed E-state index contributed by atoms with van der Waals surface area (Å²) < 4.78 is 11.6. The smallest absolute Gasteiger partial charge is 0.170 e. The first-order chi connectivity index (χ1) is 10.8. The van der Waals surface area contributed by atoms with E-state index in [4.69, 9.17) is 21.1 Å². The van der Waals surface area contributed by atoms with Gasteiger partial charge in [-0.2, -0.15) is 0 Å². The Labute approximate surface area is 135 Å². The molecule has 0 aliphatic carbocycles. The monoisotopic (exact) mass is 318 g/mol.